The smallest absolute Gasteiger partial charge is 0.165 e. The zero-order valence-electron chi connectivity index (χ0n) is 8.95. The topological polar surface area (TPSA) is 43.4 Å². The fraction of sp³-hybridized carbons (Fsp3) is 0.333. The van der Waals surface area contributed by atoms with Gasteiger partial charge in [-0.25, -0.2) is 0 Å². The number of carbonyl (C=O) groups is 2. The molecule has 0 aliphatic carbocycles. The zero-order valence-corrected chi connectivity index (χ0v) is 8.95. The minimum atomic E-state index is 0.00545. The number of methoxy groups -OCH3 is 1. The molecule has 0 saturated carbocycles. The highest BCUT2D eigenvalue weighted by molar-refractivity contribution is 5.98. The first-order chi connectivity index (χ1) is 7.15. The third kappa shape index (κ3) is 3.29. The van der Waals surface area contributed by atoms with Gasteiger partial charge in [-0.2, -0.15) is 0 Å². The van der Waals surface area contributed by atoms with Crippen LogP contribution in [0.15, 0.2) is 24.3 Å². The normalized spacial score (nSPS) is 10.0. The standard InChI is InChI=1S/C12H14O3/c1-9(13)10-3-5-11(6-4-10)12(14)7-8-15-2/h3-6H,7-8H2,1-2H3. The third-order valence-corrected chi connectivity index (χ3v) is 2.15. The minimum Gasteiger partial charge on any atom is -0.384 e. The molecule has 1 aromatic carbocycles. The monoisotopic (exact) mass is 206 g/mol. The van der Waals surface area contributed by atoms with Crippen LogP contribution in [-0.2, 0) is 4.74 Å². The van der Waals surface area contributed by atoms with Gasteiger partial charge in [-0.3, -0.25) is 9.59 Å². The summed E-state index contributed by atoms with van der Waals surface area (Å²) in [6.45, 7) is 1.93. The third-order valence-electron chi connectivity index (χ3n) is 2.15. The molecule has 0 unspecified atom stereocenters. The first kappa shape index (κ1) is 11.6. The van der Waals surface area contributed by atoms with E-state index in [1.54, 1.807) is 31.4 Å². The van der Waals surface area contributed by atoms with E-state index < -0.39 is 0 Å². The Morgan fingerprint density at radius 3 is 2.13 bits per heavy atom. The van der Waals surface area contributed by atoms with Crippen LogP contribution in [0.2, 0.25) is 0 Å². The first-order valence-electron chi connectivity index (χ1n) is 4.78. The Bertz CT molecular complexity index is 352. The number of benzene rings is 1. The van der Waals surface area contributed by atoms with Gasteiger partial charge < -0.3 is 4.74 Å². The van der Waals surface area contributed by atoms with Crippen LogP contribution in [0, 0.1) is 0 Å². The zero-order chi connectivity index (χ0) is 11.3. The Morgan fingerprint density at radius 2 is 1.67 bits per heavy atom. The number of hydrogen-bond acceptors (Lipinski definition) is 3. The van der Waals surface area contributed by atoms with Crippen molar-refractivity contribution in [2.75, 3.05) is 13.7 Å². The van der Waals surface area contributed by atoms with Crippen molar-refractivity contribution in [2.45, 2.75) is 13.3 Å². The predicted octanol–water partition coefficient (Wildman–Crippen LogP) is 2.11. The van der Waals surface area contributed by atoms with Gasteiger partial charge in [0.05, 0.1) is 6.61 Å². The average molecular weight is 206 g/mol. The Kier molecular flexibility index (Phi) is 4.18. The summed E-state index contributed by atoms with van der Waals surface area (Å²) in [7, 11) is 1.56. The second-order valence-electron chi connectivity index (χ2n) is 3.30. The maximum Gasteiger partial charge on any atom is 0.165 e. The van der Waals surface area contributed by atoms with E-state index in [0.29, 0.717) is 24.2 Å². The molecule has 0 heterocycles. The van der Waals surface area contributed by atoms with Crippen LogP contribution in [-0.4, -0.2) is 25.3 Å². The maximum absolute atomic E-state index is 11.5. The van der Waals surface area contributed by atoms with Crippen LogP contribution in [0.3, 0.4) is 0 Å². The van der Waals surface area contributed by atoms with Crippen LogP contribution in [0.25, 0.3) is 0 Å². The maximum atomic E-state index is 11.5. The average Bonchev–Trinajstić information content (AvgIpc) is 2.26. The highest BCUT2D eigenvalue weighted by Crippen LogP contribution is 2.07. The highest BCUT2D eigenvalue weighted by atomic mass is 16.5. The lowest BCUT2D eigenvalue weighted by atomic mass is 10.0. The van der Waals surface area contributed by atoms with Crippen LogP contribution in [0.5, 0.6) is 0 Å². The van der Waals surface area contributed by atoms with E-state index in [-0.39, 0.29) is 11.6 Å². The van der Waals surface area contributed by atoms with Crippen molar-refractivity contribution in [2.24, 2.45) is 0 Å². The van der Waals surface area contributed by atoms with E-state index in [2.05, 4.69) is 0 Å². The van der Waals surface area contributed by atoms with Gasteiger partial charge in [-0.05, 0) is 6.92 Å². The Balaban J connectivity index is 2.71. The van der Waals surface area contributed by atoms with Gasteiger partial charge in [0.25, 0.3) is 0 Å². The molecule has 0 aliphatic heterocycles. The van der Waals surface area contributed by atoms with Crippen molar-refractivity contribution < 1.29 is 14.3 Å². The number of ketones is 2. The fourth-order valence-corrected chi connectivity index (χ4v) is 1.23. The summed E-state index contributed by atoms with van der Waals surface area (Å²) >= 11 is 0. The minimum absolute atomic E-state index is 0.00545. The summed E-state index contributed by atoms with van der Waals surface area (Å²) in [4.78, 5) is 22.5. The molecule has 0 aliphatic rings. The molecule has 1 rings (SSSR count). The van der Waals surface area contributed by atoms with E-state index in [4.69, 9.17) is 4.74 Å². The van der Waals surface area contributed by atoms with Crippen molar-refractivity contribution in [3.05, 3.63) is 35.4 Å². The SMILES string of the molecule is COCCC(=O)c1ccc(C(C)=O)cc1. The molecule has 3 heteroatoms. The van der Waals surface area contributed by atoms with Gasteiger partial charge in [0.15, 0.2) is 11.6 Å². The molecule has 0 saturated heterocycles. The lowest BCUT2D eigenvalue weighted by Gasteiger charge is -2.01. The summed E-state index contributed by atoms with van der Waals surface area (Å²) in [5, 5.41) is 0. The van der Waals surface area contributed by atoms with E-state index in [1.165, 1.54) is 6.92 Å². The largest absolute Gasteiger partial charge is 0.384 e. The Morgan fingerprint density at radius 1 is 1.13 bits per heavy atom. The Labute approximate surface area is 89.1 Å². The van der Waals surface area contributed by atoms with Crippen molar-refractivity contribution in [1.29, 1.82) is 0 Å². The molecule has 0 atom stereocenters. The fourth-order valence-electron chi connectivity index (χ4n) is 1.23. The molecule has 80 valence electrons. The van der Waals surface area contributed by atoms with Crippen LogP contribution >= 0.6 is 0 Å². The van der Waals surface area contributed by atoms with E-state index in [0.717, 1.165) is 0 Å². The van der Waals surface area contributed by atoms with Gasteiger partial charge in [0, 0.05) is 24.7 Å². The van der Waals surface area contributed by atoms with Crippen molar-refractivity contribution in [3.8, 4) is 0 Å². The molecular formula is C12H14O3. The van der Waals surface area contributed by atoms with Gasteiger partial charge in [-0.15, -0.1) is 0 Å². The van der Waals surface area contributed by atoms with Crippen LogP contribution < -0.4 is 0 Å². The molecule has 0 aromatic heterocycles. The van der Waals surface area contributed by atoms with E-state index >= 15 is 0 Å². The predicted molar refractivity (Wildman–Crippen MR) is 57.3 cm³/mol. The summed E-state index contributed by atoms with van der Waals surface area (Å²) in [5.41, 5.74) is 1.25. The van der Waals surface area contributed by atoms with Crippen LogP contribution in [0.1, 0.15) is 34.1 Å². The van der Waals surface area contributed by atoms with Crippen molar-refractivity contribution >= 4 is 11.6 Å². The summed E-state index contributed by atoms with van der Waals surface area (Å²) in [5.74, 6) is 0.0397. The molecule has 3 nitrogen and oxygen atoms in total. The molecule has 0 fully saturated rings. The molecule has 0 bridgehead atoms. The van der Waals surface area contributed by atoms with Gasteiger partial charge in [-0.1, -0.05) is 24.3 Å². The molecule has 0 spiro atoms. The number of Topliss-reactive ketones (excluding diaryl/α,β-unsaturated/α-hetero) is 2. The van der Waals surface area contributed by atoms with Crippen molar-refractivity contribution in [1.82, 2.24) is 0 Å². The molecule has 1 aromatic rings. The van der Waals surface area contributed by atoms with Gasteiger partial charge in [0.1, 0.15) is 0 Å². The Hall–Kier alpha value is -1.48. The van der Waals surface area contributed by atoms with Gasteiger partial charge >= 0.3 is 0 Å². The second-order valence-corrected chi connectivity index (χ2v) is 3.30. The summed E-state index contributed by atoms with van der Waals surface area (Å²) in [6, 6.07) is 6.69. The lowest BCUT2D eigenvalue weighted by Crippen LogP contribution is -2.03. The van der Waals surface area contributed by atoms with Crippen LogP contribution in [0.4, 0.5) is 0 Å². The molecule has 0 radical (unpaired) electrons. The second kappa shape index (κ2) is 5.41. The number of hydrogen-bond donors (Lipinski definition) is 0. The molecule has 0 amide bonds. The quantitative estimate of drug-likeness (QED) is 0.693. The van der Waals surface area contributed by atoms with E-state index in [9.17, 15) is 9.59 Å². The number of rotatable bonds is 5. The lowest BCUT2D eigenvalue weighted by molar-refractivity contribution is 0.0930. The number of ether oxygens (including phenoxy) is 1. The number of carbonyl (C=O) groups excluding carboxylic acids is 2. The summed E-state index contributed by atoms with van der Waals surface area (Å²) < 4.78 is 4.82. The molecule has 0 N–H and O–H groups in total. The first-order valence-corrected chi connectivity index (χ1v) is 4.78. The molecular weight excluding hydrogens is 192 g/mol. The van der Waals surface area contributed by atoms with Crippen molar-refractivity contribution in [3.63, 3.8) is 0 Å². The highest BCUT2D eigenvalue weighted by Gasteiger charge is 2.06. The van der Waals surface area contributed by atoms with Gasteiger partial charge in [0.2, 0.25) is 0 Å². The summed E-state index contributed by atoms with van der Waals surface area (Å²) in [6.07, 6.45) is 0.371. The van der Waals surface area contributed by atoms with E-state index in [1.807, 2.05) is 0 Å². The molecule has 15 heavy (non-hydrogen) atoms.